The van der Waals surface area contributed by atoms with Crippen molar-refractivity contribution in [3.8, 4) is 0 Å². The van der Waals surface area contributed by atoms with Gasteiger partial charge in [-0.25, -0.2) is 4.79 Å². The lowest BCUT2D eigenvalue weighted by atomic mass is 10.3. The van der Waals surface area contributed by atoms with Gasteiger partial charge in [-0.1, -0.05) is 18.2 Å². The lowest BCUT2D eigenvalue weighted by Gasteiger charge is -2.17. The van der Waals surface area contributed by atoms with Crippen LogP contribution in [-0.2, 0) is 9.59 Å². The van der Waals surface area contributed by atoms with Crippen molar-refractivity contribution in [1.82, 2.24) is 10.6 Å². The van der Waals surface area contributed by atoms with Gasteiger partial charge in [0.05, 0.1) is 6.54 Å². The number of para-hydroxylation sites is 1. The highest BCUT2D eigenvalue weighted by Gasteiger charge is 2.11. The van der Waals surface area contributed by atoms with Crippen LogP contribution < -0.4 is 15.5 Å². The maximum atomic E-state index is 11.7. The maximum absolute atomic E-state index is 11.7. The van der Waals surface area contributed by atoms with Crippen molar-refractivity contribution in [1.29, 1.82) is 0 Å². The van der Waals surface area contributed by atoms with Crippen molar-refractivity contribution in [2.75, 3.05) is 25.0 Å². The molecule has 1 rings (SSSR count). The van der Waals surface area contributed by atoms with E-state index in [1.807, 2.05) is 6.07 Å². The van der Waals surface area contributed by atoms with Gasteiger partial charge in [0.1, 0.15) is 6.54 Å². The zero-order chi connectivity index (χ0) is 14.3. The molecule has 19 heavy (non-hydrogen) atoms. The largest absolute Gasteiger partial charge is 0.480 e. The molecule has 0 spiro atoms. The Morgan fingerprint density at radius 1 is 1.11 bits per heavy atom. The van der Waals surface area contributed by atoms with Crippen LogP contribution in [0.15, 0.2) is 30.3 Å². The fraction of sp³-hybridized carbons (Fsp3) is 0.250. The molecule has 0 aliphatic heterocycles. The molecular formula is C12H15N3O4. The monoisotopic (exact) mass is 265 g/mol. The number of carboxylic acids is 1. The van der Waals surface area contributed by atoms with Crippen molar-refractivity contribution in [3.63, 3.8) is 0 Å². The Labute approximate surface area is 110 Å². The number of carbonyl (C=O) groups excluding carboxylic acids is 2. The number of carboxylic acid groups (broad SMARTS) is 1. The zero-order valence-corrected chi connectivity index (χ0v) is 10.4. The molecule has 0 atom stereocenters. The molecule has 0 aliphatic carbocycles. The number of aliphatic carboxylic acids is 1. The minimum absolute atomic E-state index is 0.275. The second-order valence-electron chi connectivity index (χ2n) is 3.72. The Balaban J connectivity index is 2.39. The molecule has 0 saturated heterocycles. The van der Waals surface area contributed by atoms with Gasteiger partial charge in [0.15, 0.2) is 0 Å². The SMILES string of the molecule is CN(C(=O)NCC(=O)NCC(=O)O)c1ccccc1. The third kappa shape index (κ3) is 5.07. The van der Waals surface area contributed by atoms with Crippen molar-refractivity contribution < 1.29 is 19.5 Å². The first-order valence-electron chi connectivity index (χ1n) is 5.56. The molecular weight excluding hydrogens is 250 g/mol. The van der Waals surface area contributed by atoms with Crippen LogP contribution in [0.5, 0.6) is 0 Å². The van der Waals surface area contributed by atoms with Crippen LogP contribution in [0.1, 0.15) is 0 Å². The number of nitrogens with zero attached hydrogens (tertiary/aromatic N) is 1. The predicted molar refractivity (Wildman–Crippen MR) is 68.9 cm³/mol. The van der Waals surface area contributed by atoms with Crippen LogP contribution in [0.2, 0.25) is 0 Å². The van der Waals surface area contributed by atoms with E-state index in [-0.39, 0.29) is 6.54 Å². The Kier molecular flexibility index (Phi) is 5.34. The summed E-state index contributed by atoms with van der Waals surface area (Å²) in [6, 6.07) is 8.47. The van der Waals surface area contributed by atoms with Crippen molar-refractivity contribution in [2.45, 2.75) is 0 Å². The van der Waals surface area contributed by atoms with Crippen molar-refractivity contribution in [2.24, 2.45) is 0 Å². The standard InChI is InChI=1S/C12H15N3O4/c1-15(9-5-3-2-4-6-9)12(19)14-7-10(16)13-8-11(17)18/h2-6H,7-8H2,1H3,(H,13,16)(H,14,19)(H,17,18). The van der Waals surface area contributed by atoms with Crippen LogP contribution in [-0.4, -0.2) is 43.2 Å². The molecule has 0 radical (unpaired) electrons. The Bertz CT molecular complexity index is 461. The van der Waals surface area contributed by atoms with Gasteiger partial charge < -0.3 is 15.7 Å². The van der Waals surface area contributed by atoms with Crippen molar-refractivity contribution in [3.05, 3.63) is 30.3 Å². The highest BCUT2D eigenvalue weighted by Crippen LogP contribution is 2.10. The molecule has 3 amide bonds. The van der Waals surface area contributed by atoms with E-state index in [2.05, 4.69) is 10.6 Å². The summed E-state index contributed by atoms with van der Waals surface area (Å²) in [5.41, 5.74) is 0.686. The van der Waals surface area contributed by atoms with Gasteiger partial charge in [0.2, 0.25) is 5.91 Å². The number of hydrogen-bond acceptors (Lipinski definition) is 3. The second kappa shape index (κ2) is 7.00. The summed E-state index contributed by atoms with van der Waals surface area (Å²) in [6.45, 7) is -0.744. The first kappa shape index (κ1) is 14.5. The highest BCUT2D eigenvalue weighted by molar-refractivity contribution is 5.94. The first-order chi connectivity index (χ1) is 9.00. The quantitative estimate of drug-likeness (QED) is 0.699. The normalized spacial score (nSPS) is 9.53. The molecule has 3 N–H and O–H groups in total. The summed E-state index contributed by atoms with van der Waals surface area (Å²) < 4.78 is 0. The number of urea groups is 1. The minimum Gasteiger partial charge on any atom is -0.480 e. The zero-order valence-electron chi connectivity index (χ0n) is 10.4. The third-order valence-corrected chi connectivity index (χ3v) is 2.29. The van der Waals surface area contributed by atoms with Crippen molar-refractivity contribution >= 4 is 23.6 Å². The van der Waals surface area contributed by atoms with Gasteiger partial charge in [-0.2, -0.15) is 0 Å². The maximum Gasteiger partial charge on any atom is 0.322 e. The lowest BCUT2D eigenvalue weighted by molar-refractivity contribution is -0.137. The number of hydrogen-bond donors (Lipinski definition) is 3. The van der Waals surface area contributed by atoms with E-state index >= 15 is 0 Å². The Hall–Kier alpha value is -2.57. The number of rotatable bonds is 5. The fourth-order valence-electron chi connectivity index (χ4n) is 1.28. The number of anilines is 1. The molecule has 102 valence electrons. The molecule has 0 heterocycles. The molecule has 0 aliphatic rings. The number of benzene rings is 1. The van der Waals surface area contributed by atoms with E-state index in [0.717, 1.165) is 0 Å². The average molecular weight is 265 g/mol. The average Bonchev–Trinajstić information content (AvgIpc) is 2.42. The molecule has 0 unspecified atom stereocenters. The Morgan fingerprint density at radius 3 is 2.32 bits per heavy atom. The summed E-state index contributed by atoms with van der Waals surface area (Å²) >= 11 is 0. The van der Waals surface area contributed by atoms with E-state index < -0.39 is 24.5 Å². The van der Waals surface area contributed by atoms with Crippen LogP contribution >= 0.6 is 0 Å². The lowest BCUT2D eigenvalue weighted by Crippen LogP contribution is -2.43. The molecule has 7 heteroatoms. The molecule has 1 aromatic rings. The summed E-state index contributed by atoms with van der Waals surface area (Å²) in [5, 5.41) is 12.9. The summed E-state index contributed by atoms with van der Waals surface area (Å²) in [5.74, 6) is -1.70. The molecule has 0 bridgehead atoms. The summed E-state index contributed by atoms with van der Waals surface area (Å²) in [6.07, 6.45) is 0. The van der Waals surface area contributed by atoms with E-state index in [0.29, 0.717) is 5.69 Å². The van der Waals surface area contributed by atoms with Crippen LogP contribution in [0.25, 0.3) is 0 Å². The molecule has 0 saturated carbocycles. The highest BCUT2D eigenvalue weighted by atomic mass is 16.4. The fourth-order valence-corrected chi connectivity index (χ4v) is 1.28. The number of carbonyl (C=O) groups is 3. The van der Waals surface area contributed by atoms with E-state index in [4.69, 9.17) is 5.11 Å². The topological polar surface area (TPSA) is 98.7 Å². The van der Waals surface area contributed by atoms with Crippen LogP contribution in [0.3, 0.4) is 0 Å². The second-order valence-corrected chi connectivity index (χ2v) is 3.72. The van der Waals surface area contributed by atoms with Gasteiger partial charge >= 0.3 is 12.0 Å². The summed E-state index contributed by atoms with van der Waals surface area (Å²) in [7, 11) is 1.57. The van der Waals surface area contributed by atoms with Gasteiger partial charge in [0.25, 0.3) is 0 Å². The van der Waals surface area contributed by atoms with Gasteiger partial charge in [0, 0.05) is 12.7 Å². The number of nitrogens with one attached hydrogen (secondary N) is 2. The van der Waals surface area contributed by atoms with E-state index in [1.54, 1.807) is 31.3 Å². The molecule has 0 fully saturated rings. The summed E-state index contributed by atoms with van der Waals surface area (Å²) in [4.78, 5) is 34.5. The Morgan fingerprint density at radius 2 is 1.74 bits per heavy atom. The van der Waals surface area contributed by atoms with Gasteiger partial charge in [-0.05, 0) is 12.1 Å². The minimum atomic E-state index is -1.14. The van der Waals surface area contributed by atoms with Crippen LogP contribution in [0.4, 0.5) is 10.5 Å². The van der Waals surface area contributed by atoms with Crippen LogP contribution in [0, 0.1) is 0 Å². The molecule has 0 aromatic heterocycles. The van der Waals surface area contributed by atoms with Gasteiger partial charge in [-0.3, -0.25) is 14.5 Å². The smallest absolute Gasteiger partial charge is 0.322 e. The van der Waals surface area contributed by atoms with Gasteiger partial charge in [-0.15, -0.1) is 0 Å². The molecule has 1 aromatic carbocycles. The molecule has 7 nitrogen and oxygen atoms in total. The third-order valence-electron chi connectivity index (χ3n) is 2.29. The van der Waals surface area contributed by atoms with E-state index in [1.165, 1.54) is 4.90 Å². The number of amides is 3. The predicted octanol–water partition coefficient (Wildman–Crippen LogP) is 0.0332. The van der Waals surface area contributed by atoms with E-state index in [9.17, 15) is 14.4 Å². The first-order valence-corrected chi connectivity index (χ1v) is 5.56.